The molecule has 6 nitrogen and oxygen atoms in total. The summed E-state index contributed by atoms with van der Waals surface area (Å²) in [6, 6.07) is 5.66. The highest BCUT2D eigenvalue weighted by Crippen LogP contribution is 2.34. The topological polar surface area (TPSA) is 72.7 Å². The predicted molar refractivity (Wildman–Crippen MR) is 105 cm³/mol. The molecular formula is C18H17ClF3N5OS. The van der Waals surface area contributed by atoms with Crippen molar-refractivity contribution in [2.24, 2.45) is 0 Å². The first-order valence-corrected chi connectivity index (χ1v) is 9.99. The Bertz CT molecular complexity index is 996. The van der Waals surface area contributed by atoms with Crippen molar-refractivity contribution >= 4 is 34.0 Å². The van der Waals surface area contributed by atoms with Gasteiger partial charge in [0.2, 0.25) is 5.13 Å². The molecule has 0 saturated heterocycles. The first-order chi connectivity index (χ1) is 13.7. The number of aromatic nitrogens is 4. The fraction of sp³-hybridized carbons (Fsp3) is 0.333. The van der Waals surface area contributed by atoms with Crippen LogP contribution in [0.5, 0.6) is 0 Å². The maximum atomic E-state index is 13.7. The maximum absolute atomic E-state index is 13.7. The SMILES string of the molecule is CCC(CC)c1nnc(NC(=O)c2cnn(-c3ccc(Cl)cc3)c2C(F)(F)F)s1. The molecule has 0 atom stereocenters. The number of nitrogens with one attached hydrogen (secondary N) is 1. The number of hydrogen-bond donors (Lipinski definition) is 1. The summed E-state index contributed by atoms with van der Waals surface area (Å²) in [5, 5.41) is 15.3. The second kappa shape index (κ2) is 8.50. The minimum absolute atomic E-state index is 0.132. The van der Waals surface area contributed by atoms with Crippen LogP contribution < -0.4 is 5.32 Å². The third kappa shape index (κ3) is 4.59. The van der Waals surface area contributed by atoms with E-state index in [2.05, 4.69) is 20.6 Å². The number of hydrogen-bond acceptors (Lipinski definition) is 5. The molecule has 0 aliphatic rings. The largest absolute Gasteiger partial charge is 0.434 e. The van der Waals surface area contributed by atoms with Gasteiger partial charge in [0.25, 0.3) is 5.91 Å². The van der Waals surface area contributed by atoms with Crippen molar-refractivity contribution < 1.29 is 18.0 Å². The number of carbonyl (C=O) groups is 1. The molecule has 3 aromatic rings. The molecule has 2 aromatic heterocycles. The summed E-state index contributed by atoms with van der Waals surface area (Å²) >= 11 is 6.95. The van der Waals surface area contributed by atoms with Gasteiger partial charge in [-0.05, 0) is 37.1 Å². The van der Waals surface area contributed by atoms with Crippen LogP contribution in [0, 0.1) is 0 Å². The molecule has 11 heteroatoms. The van der Waals surface area contributed by atoms with Crippen LogP contribution in [0.3, 0.4) is 0 Å². The summed E-state index contributed by atoms with van der Waals surface area (Å²) in [6.07, 6.45) is -2.21. The summed E-state index contributed by atoms with van der Waals surface area (Å²) in [7, 11) is 0. The molecule has 0 aliphatic heterocycles. The van der Waals surface area contributed by atoms with E-state index in [1.54, 1.807) is 0 Å². The molecule has 1 amide bonds. The highest BCUT2D eigenvalue weighted by atomic mass is 35.5. The van der Waals surface area contributed by atoms with Crippen LogP contribution in [0.4, 0.5) is 18.3 Å². The Morgan fingerprint density at radius 1 is 1.21 bits per heavy atom. The van der Waals surface area contributed by atoms with E-state index in [0.717, 1.165) is 35.4 Å². The molecule has 0 saturated carbocycles. The van der Waals surface area contributed by atoms with Gasteiger partial charge >= 0.3 is 6.18 Å². The zero-order valence-corrected chi connectivity index (χ0v) is 17.1. The Morgan fingerprint density at radius 3 is 2.45 bits per heavy atom. The zero-order chi connectivity index (χ0) is 21.2. The molecule has 3 rings (SSSR count). The number of nitrogens with zero attached hydrogens (tertiary/aromatic N) is 4. The Kier molecular flexibility index (Phi) is 6.23. The Hall–Kier alpha value is -2.46. The maximum Gasteiger partial charge on any atom is 0.434 e. The summed E-state index contributed by atoms with van der Waals surface area (Å²) in [5.41, 5.74) is -1.65. The molecule has 1 N–H and O–H groups in total. The highest BCUT2D eigenvalue weighted by Gasteiger charge is 2.40. The average Bonchev–Trinajstić information content (AvgIpc) is 3.30. The summed E-state index contributed by atoms with van der Waals surface area (Å²) < 4.78 is 41.8. The van der Waals surface area contributed by atoms with E-state index < -0.39 is 23.3 Å². The summed E-state index contributed by atoms with van der Waals surface area (Å²) in [4.78, 5) is 12.6. The lowest BCUT2D eigenvalue weighted by atomic mass is 10.1. The first-order valence-electron chi connectivity index (χ1n) is 8.80. The van der Waals surface area contributed by atoms with Crippen molar-refractivity contribution in [3.05, 3.63) is 51.7 Å². The normalized spacial score (nSPS) is 11.8. The smallest absolute Gasteiger partial charge is 0.296 e. The molecule has 0 radical (unpaired) electrons. The van der Waals surface area contributed by atoms with Crippen LogP contribution in [0.2, 0.25) is 5.02 Å². The van der Waals surface area contributed by atoms with Gasteiger partial charge in [-0.25, -0.2) is 4.68 Å². The van der Waals surface area contributed by atoms with Gasteiger partial charge in [-0.15, -0.1) is 10.2 Å². The lowest BCUT2D eigenvalue weighted by Gasteiger charge is -2.12. The van der Waals surface area contributed by atoms with Crippen LogP contribution in [0.15, 0.2) is 30.5 Å². The van der Waals surface area contributed by atoms with Crippen molar-refractivity contribution in [2.75, 3.05) is 5.32 Å². The van der Waals surface area contributed by atoms with Gasteiger partial charge < -0.3 is 0 Å². The van der Waals surface area contributed by atoms with Gasteiger partial charge in [-0.1, -0.05) is 36.8 Å². The number of benzene rings is 1. The minimum atomic E-state index is -4.80. The van der Waals surface area contributed by atoms with Crippen molar-refractivity contribution in [2.45, 2.75) is 38.8 Å². The lowest BCUT2D eigenvalue weighted by molar-refractivity contribution is -0.143. The molecule has 1 aromatic carbocycles. The third-order valence-corrected chi connectivity index (χ3v) is 5.60. The van der Waals surface area contributed by atoms with E-state index in [9.17, 15) is 18.0 Å². The fourth-order valence-corrected chi connectivity index (χ4v) is 3.95. The molecule has 0 bridgehead atoms. The predicted octanol–water partition coefficient (Wildman–Crippen LogP) is 5.55. The van der Waals surface area contributed by atoms with Crippen molar-refractivity contribution in [1.29, 1.82) is 0 Å². The molecule has 29 heavy (non-hydrogen) atoms. The monoisotopic (exact) mass is 443 g/mol. The van der Waals surface area contributed by atoms with Crippen LogP contribution in [-0.4, -0.2) is 25.9 Å². The standard InChI is InChI=1S/C18H17ClF3N5OS/c1-3-10(4-2)16-25-26-17(29-16)24-15(28)13-9-23-27(14(13)18(20,21)22)12-7-5-11(19)6-8-12/h5-10H,3-4H2,1-2H3,(H,24,26,28). The number of carbonyl (C=O) groups excluding carboxylic acids is 1. The third-order valence-electron chi connectivity index (χ3n) is 4.35. The summed E-state index contributed by atoms with van der Waals surface area (Å²) in [5.74, 6) is -0.763. The molecule has 0 spiro atoms. The van der Waals surface area contributed by atoms with Crippen molar-refractivity contribution in [1.82, 2.24) is 20.0 Å². The molecule has 154 valence electrons. The molecule has 0 aliphatic carbocycles. The number of halogens is 4. The quantitative estimate of drug-likeness (QED) is 0.542. The summed E-state index contributed by atoms with van der Waals surface area (Å²) in [6.45, 7) is 4.02. The molecule has 0 fully saturated rings. The van der Waals surface area contributed by atoms with Gasteiger partial charge in [-0.3, -0.25) is 10.1 Å². The van der Waals surface area contributed by atoms with Crippen LogP contribution >= 0.6 is 22.9 Å². The van der Waals surface area contributed by atoms with E-state index in [1.807, 2.05) is 13.8 Å². The van der Waals surface area contributed by atoms with Crippen LogP contribution in [0.1, 0.15) is 53.7 Å². The van der Waals surface area contributed by atoms with E-state index in [0.29, 0.717) is 9.70 Å². The average molecular weight is 444 g/mol. The second-order valence-electron chi connectivity index (χ2n) is 6.21. The van der Waals surface area contributed by atoms with Gasteiger partial charge in [0.1, 0.15) is 5.01 Å². The fourth-order valence-electron chi connectivity index (χ4n) is 2.82. The number of rotatable bonds is 6. The highest BCUT2D eigenvalue weighted by molar-refractivity contribution is 7.15. The van der Waals surface area contributed by atoms with Crippen LogP contribution in [0.25, 0.3) is 5.69 Å². The van der Waals surface area contributed by atoms with E-state index in [-0.39, 0.29) is 16.7 Å². The zero-order valence-electron chi connectivity index (χ0n) is 15.5. The first kappa shape index (κ1) is 21.3. The second-order valence-corrected chi connectivity index (χ2v) is 7.65. The van der Waals surface area contributed by atoms with E-state index in [1.165, 1.54) is 24.3 Å². The molecular weight excluding hydrogens is 427 g/mol. The number of alkyl halides is 3. The van der Waals surface area contributed by atoms with Crippen molar-refractivity contribution in [3.8, 4) is 5.69 Å². The van der Waals surface area contributed by atoms with Crippen LogP contribution in [-0.2, 0) is 6.18 Å². The molecule has 2 heterocycles. The Labute approximate surface area is 173 Å². The number of anilines is 1. The van der Waals surface area contributed by atoms with Gasteiger partial charge in [0.15, 0.2) is 5.69 Å². The van der Waals surface area contributed by atoms with E-state index >= 15 is 0 Å². The molecule has 0 unspecified atom stereocenters. The van der Waals surface area contributed by atoms with Gasteiger partial charge in [0, 0.05) is 10.9 Å². The minimum Gasteiger partial charge on any atom is -0.296 e. The lowest BCUT2D eigenvalue weighted by Crippen LogP contribution is -2.20. The van der Waals surface area contributed by atoms with Gasteiger partial charge in [0.05, 0.1) is 17.4 Å². The van der Waals surface area contributed by atoms with Crippen molar-refractivity contribution in [3.63, 3.8) is 0 Å². The van der Waals surface area contributed by atoms with Gasteiger partial charge in [-0.2, -0.15) is 18.3 Å². The number of amides is 1. The Morgan fingerprint density at radius 2 is 1.86 bits per heavy atom. The Balaban J connectivity index is 1.92. The van der Waals surface area contributed by atoms with E-state index in [4.69, 9.17) is 11.6 Å².